The summed E-state index contributed by atoms with van der Waals surface area (Å²) in [6, 6.07) is 13.5. The molecule has 8 heteroatoms. The van der Waals surface area contributed by atoms with Crippen LogP contribution in [0, 0.1) is 0 Å². The first-order valence-corrected chi connectivity index (χ1v) is 9.93. The first-order valence-electron chi connectivity index (χ1n) is 9.93. The van der Waals surface area contributed by atoms with Crippen molar-refractivity contribution in [2.45, 2.75) is 19.1 Å². The van der Waals surface area contributed by atoms with Crippen molar-refractivity contribution in [2.24, 2.45) is 0 Å². The summed E-state index contributed by atoms with van der Waals surface area (Å²) in [5.74, 6) is 0.0749. The van der Waals surface area contributed by atoms with Gasteiger partial charge in [0.25, 0.3) is 11.5 Å². The SMILES string of the molecule is O=C(COc1cccc2[nH]c(=O)cnc12)NCC(O)CN1CCc2ccccc2C1. The van der Waals surface area contributed by atoms with E-state index in [1.807, 2.05) is 6.07 Å². The predicted molar refractivity (Wildman–Crippen MR) is 112 cm³/mol. The average Bonchev–Trinajstić information content (AvgIpc) is 2.76. The molecule has 0 bridgehead atoms. The van der Waals surface area contributed by atoms with Crippen LogP contribution in [0.15, 0.2) is 53.5 Å². The summed E-state index contributed by atoms with van der Waals surface area (Å²) in [5, 5.41) is 13.0. The van der Waals surface area contributed by atoms with Crippen LogP contribution in [0.1, 0.15) is 11.1 Å². The summed E-state index contributed by atoms with van der Waals surface area (Å²) in [6.45, 7) is 2.14. The van der Waals surface area contributed by atoms with Crippen LogP contribution >= 0.6 is 0 Å². The molecule has 1 unspecified atom stereocenters. The van der Waals surface area contributed by atoms with Gasteiger partial charge in [0, 0.05) is 26.2 Å². The summed E-state index contributed by atoms with van der Waals surface area (Å²) in [4.78, 5) is 32.4. The van der Waals surface area contributed by atoms with Gasteiger partial charge in [-0.25, -0.2) is 4.98 Å². The number of nitrogens with one attached hydrogen (secondary N) is 2. The zero-order chi connectivity index (χ0) is 20.9. The van der Waals surface area contributed by atoms with Crippen LogP contribution in [-0.4, -0.2) is 58.2 Å². The Morgan fingerprint density at radius 1 is 1.23 bits per heavy atom. The van der Waals surface area contributed by atoms with E-state index >= 15 is 0 Å². The van der Waals surface area contributed by atoms with Crippen LogP contribution in [-0.2, 0) is 17.8 Å². The molecule has 156 valence electrons. The maximum Gasteiger partial charge on any atom is 0.266 e. The van der Waals surface area contributed by atoms with Crippen LogP contribution in [0.4, 0.5) is 0 Å². The highest BCUT2D eigenvalue weighted by atomic mass is 16.5. The van der Waals surface area contributed by atoms with E-state index in [2.05, 4.69) is 38.4 Å². The van der Waals surface area contributed by atoms with E-state index in [1.54, 1.807) is 18.2 Å². The van der Waals surface area contributed by atoms with Crippen molar-refractivity contribution in [1.29, 1.82) is 0 Å². The molecule has 0 spiro atoms. The zero-order valence-electron chi connectivity index (χ0n) is 16.5. The third kappa shape index (κ3) is 4.84. The number of H-pyrrole nitrogens is 1. The number of aliphatic hydroxyl groups excluding tert-OH is 1. The van der Waals surface area contributed by atoms with Crippen molar-refractivity contribution in [3.05, 3.63) is 70.1 Å². The van der Waals surface area contributed by atoms with Gasteiger partial charge >= 0.3 is 0 Å². The largest absolute Gasteiger partial charge is 0.481 e. The first kappa shape index (κ1) is 20.1. The van der Waals surface area contributed by atoms with Crippen LogP contribution in [0.25, 0.3) is 11.0 Å². The normalized spacial score (nSPS) is 14.8. The molecule has 0 saturated heterocycles. The highest BCUT2D eigenvalue weighted by Crippen LogP contribution is 2.21. The van der Waals surface area contributed by atoms with Gasteiger partial charge in [-0.3, -0.25) is 14.5 Å². The molecule has 2 aromatic carbocycles. The van der Waals surface area contributed by atoms with E-state index in [4.69, 9.17) is 4.74 Å². The minimum absolute atomic E-state index is 0.154. The number of para-hydroxylation sites is 1. The Bertz CT molecular complexity index is 1100. The van der Waals surface area contributed by atoms with Gasteiger partial charge in [-0.1, -0.05) is 30.3 Å². The molecule has 30 heavy (non-hydrogen) atoms. The van der Waals surface area contributed by atoms with Crippen molar-refractivity contribution in [2.75, 3.05) is 26.2 Å². The molecule has 1 aromatic heterocycles. The number of hydrogen-bond acceptors (Lipinski definition) is 6. The molecule has 0 aliphatic carbocycles. The van der Waals surface area contributed by atoms with Crippen molar-refractivity contribution >= 4 is 16.9 Å². The third-order valence-electron chi connectivity index (χ3n) is 5.14. The topological polar surface area (TPSA) is 108 Å². The van der Waals surface area contributed by atoms with Gasteiger partial charge in [0.1, 0.15) is 11.3 Å². The Kier molecular flexibility index (Phi) is 6.06. The molecule has 0 radical (unpaired) electrons. The number of aliphatic hydroxyl groups is 1. The highest BCUT2D eigenvalue weighted by Gasteiger charge is 2.18. The van der Waals surface area contributed by atoms with Gasteiger partial charge in [0.05, 0.1) is 17.8 Å². The number of aromatic amines is 1. The van der Waals surface area contributed by atoms with E-state index in [0.29, 0.717) is 23.3 Å². The summed E-state index contributed by atoms with van der Waals surface area (Å²) in [6.07, 6.45) is 1.47. The van der Waals surface area contributed by atoms with E-state index in [1.165, 1.54) is 17.3 Å². The molecule has 3 N–H and O–H groups in total. The minimum Gasteiger partial charge on any atom is -0.481 e. The molecule has 1 aliphatic heterocycles. The fourth-order valence-electron chi connectivity index (χ4n) is 3.66. The number of carbonyl (C=O) groups is 1. The number of carbonyl (C=O) groups excluding carboxylic acids is 1. The number of aromatic nitrogens is 2. The lowest BCUT2D eigenvalue weighted by molar-refractivity contribution is -0.123. The van der Waals surface area contributed by atoms with E-state index in [-0.39, 0.29) is 24.6 Å². The Labute approximate surface area is 173 Å². The maximum atomic E-state index is 12.1. The number of ether oxygens (including phenoxy) is 1. The first-order chi connectivity index (χ1) is 14.6. The maximum absolute atomic E-state index is 12.1. The molecule has 1 amide bonds. The number of benzene rings is 2. The summed E-state index contributed by atoms with van der Waals surface area (Å²) < 4.78 is 5.55. The number of nitrogens with zero attached hydrogens (tertiary/aromatic N) is 2. The standard InChI is InChI=1S/C22H24N4O4/c27-17(13-26-9-8-15-4-1-2-5-16(15)12-26)10-23-21(29)14-30-19-7-3-6-18-22(19)24-11-20(28)25-18/h1-7,11,17,27H,8-10,12-14H2,(H,23,29)(H,25,28). The number of amides is 1. The molecule has 1 atom stereocenters. The Balaban J connectivity index is 1.24. The smallest absolute Gasteiger partial charge is 0.266 e. The van der Waals surface area contributed by atoms with Gasteiger partial charge in [-0.05, 0) is 29.7 Å². The van der Waals surface area contributed by atoms with Crippen LogP contribution in [0.3, 0.4) is 0 Å². The molecule has 4 rings (SSSR count). The minimum atomic E-state index is -0.663. The summed E-state index contributed by atoms with van der Waals surface area (Å²) >= 11 is 0. The van der Waals surface area contributed by atoms with E-state index in [9.17, 15) is 14.7 Å². The number of hydrogen-bond donors (Lipinski definition) is 3. The highest BCUT2D eigenvalue weighted by molar-refractivity contribution is 5.82. The molecule has 3 aromatic rings. The quantitative estimate of drug-likeness (QED) is 0.535. The lowest BCUT2D eigenvalue weighted by Crippen LogP contribution is -2.42. The Morgan fingerprint density at radius 2 is 2.07 bits per heavy atom. The predicted octanol–water partition coefficient (Wildman–Crippen LogP) is 0.837. The molecule has 0 fully saturated rings. The zero-order valence-corrected chi connectivity index (χ0v) is 16.5. The average molecular weight is 408 g/mol. The molecule has 8 nitrogen and oxygen atoms in total. The molecule has 0 saturated carbocycles. The van der Waals surface area contributed by atoms with Gasteiger partial charge < -0.3 is 20.1 Å². The fourth-order valence-corrected chi connectivity index (χ4v) is 3.66. The van der Waals surface area contributed by atoms with Crippen molar-refractivity contribution in [1.82, 2.24) is 20.2 Å². The van der Waals surface area contributed by atoms with Gasteiger partial charge in [-0.2, -0.15) is 0 Å². The second kappa shape index (κ2) is 9.06. The summed E-state index contributed by atoms with van der Waals surface area (Å²) in [7, 11) is 0. The van der Waals surface area contributed by atoms with Crippen LogP contribution < -0.4 is 15.6 Å². The van der Waals surface area contributed by atoms with Crippen molar-refractivity contribution in [3.63, 3.8) is 0 Å². The van der Waals surface area contributed by atoms with E-state index in [0.717, 1.165) is 19.5 Å². The lowest BCUT2D eigenvalue weighted by Gasteiger charge is -2.30. The number of β-amino-alcohol motifs (C(OH)–C–C–N with tert-alkyl or cyclic N) is 1. The number of fused-ring (bicyclic) bond motifs is 2. The molecule has 1 aliphatic rings. The molecular formula is C22H24N4O4. The molecule has 2 heterocycles. The Morgan fingerprint density at radius 3 is 2.93 bits per heavy atom. The monoisotopic (exact) mass is 408 g/mol. The van der Waals surface area contributed by atoms with Crippen LogP contribution in [0.5, 0.6) is 5.75 Å². The molecular weight excluding hydrogens is 384 g/mol. The van der Waals surface area contributed by atoms with Crippen LogP contribution in [0.2, 0.25) is 0 Å². The van der Waals surface area contributed by atoms with Crippen molar-refractivity contribution in [3.8, 4) is 5.75 Å². The van der Waals surface area contributed by atoms with Crippen molar-refractivity contribution < 1.29 is 14.6 Å². The van der Waals surface area contributed by atoms with Gasteiger partial charge in [0.15, 0.2) is 6.61 Å². The lowest BCUT2D eigenvalue weighted by atomic mass is 10.00. The van der Waals surface area contributed by atoms with E-state index < -0.39 is 6.10 Å². The number of rotatable bonds is 7. The van der Waals surface area contributed by atoms with Gasteiger partial charge in [0.2, 0.25) is 0 Å². The fraction of sp³-hybridized carbons (Fsp3) is 0.318. The second-order valence-electron chi connectivity index (χ2n) is 7.40. The summed E-state index contributed by atoms with van der Waals surface area (Å²) in [5.41, 5.74) is 3.37. The third-order valence-corrected chi connectivity index (χ3v) is 5.14. The van der Waals surface area contributed by atoms with Gasteiger partial charge in [-0.15, -0.1) is 0 Å². The Hall–Kier alpha value is -3.23. The second-order valence-corrected chi connectivity index (χ2v) is 7.40.